The summed E-state index contributed by atoms with van der Waals surface area (Å²) in [7, 11) is 3.12. The van der Waals surface area contributed by atoms with Crippen LogP contribution in [-0.2, 0) is 20.9 Å². The Bertz CT molecular complexity index is 1170. The minimum Gasteiger partial charge on any atom is -0.508 e. The third-order valence-corrected chi connectivity index (χ3v) is 7.40. The van der Waals surface area contributed by atoms with Crippen LogP contribution in [0.4, 0.5) is 0 Å². The van der Waals surface area contributed by atoms with E-state index in [1.165, 1.54) is 4.90 Å². The first-order valence-corrected chi connectivity index (χ1v) is 10.6. The Kier molecular flexibility index (Phi) is 5.15. The number of likely N-dealkylation sites (N-methyl/N-ethyl adjacent to an activating group) is 1. The normalized spacial score (nSPS) is 31.5. The van der Waals surface area contributed by atoms with Crippen molar-refractivity contribution in [3.63, 3.8) is 0 Å². The van der Waals surface area contributed by atoms with Crippen LogP contribution in [0.3, 0.4) is 0 Å². The molecule has 0 spiro atoms. The summed E-state index contributed by atoms with van der Waals surface area (Å²) in [6.07, 6.45) is 0.0479. The van der Waals surface area contributed by atoms with E-state index >= 15 is 0 Å². The van der Waals surface area contributed by atoms with Crippen LogP contribution in [0.5, 0.6) is 5.75 Å². The number of carbonyl (C=O) groups excluding carboxylic acids is 3. The summed E-state index contributed by atoms with van der Waals surface area (Å²) >= 11 is 0. The molecule has 1 aromatic carbocycles. The number of primary amides is 1. The molecule has 0 aromatic heterocycles. The van der Waals surface area contributed by atoms with E-state index in [-0.39, 0.29) is 35.8 Å². The minimum atomic E-state index is -2.65. The van der Waals surface area contributed by atoms with Crippen molar-refractivity contribution in [3.8, 4) is 5.75 Å². The van der Waals surface area contributed by atoms with Crippen LogP contribution in [0, 0.1) is 11.8 Å². The van der Waals surface area contributed by atoms with E-state index in [1.54, 1.807) is 26.2 Å². The summed E-state index contributed by atoms with van der Waals surface area (Å²) in [5.41, 5.74) is 8.31. The van der Waals surface area contributed by atoms with Gasteiger partial charge >= 0.3 is 0 Å². The number of Topliss-reactive ketones (excluding diaryl/α,β-unsaturated/α-hetero) is 2. The van der Waals surface area contributed by atoms with Gasteiger partial charge in [0.05, 0.1) is 11.6 Å². The van der Waals surface area contributed by atoms with Crippen molar-refractivity contribution in [1.29, 1.82) is 0 Å². The van der Waals surface area contributed by atoms with Gasteiger partial charge in [0.1, 0.15) is 22.8 Å². The molecule has 3 aliphatic rings. The number of benzene rings is 1. The summed E-state index contributed by atoms with van der Waals surface area (Å²) < 4.78 is 0. The standard InChI is InChI=1S/C23H27N3O7/c1-8-10-5-4-9(7-24)17(27)13(10)18(28)14-11(8)6-12-16(26(2)3)19(29)15(22(25)32)21(31)23(12,33)20(14)30/h4-5,8,11-12,16,27-28,31,33H,6-7,24H2,1-3H3,(H2,25,32)/t8-,11?,12-,16-,23-/m0/s1. The maximum atomic E-state index is 13.8. The maximum absolute atomic E-state index is 13.8. The second kappa shape index (κ2) is 7.41. The fraction of sp³-hybridized carbons (Fsp3) is 0.435. The highest BCUT2D eigenvalue weighted by atomic mass is 16.3. The largest absolute Gasteiger partial charge is 0.508 e. The lowest BCUT2D eigenvalue weighted by Gasteiger charge is -2.51. The highest BCUT2D eigenvalue weighted by Gasteiger charge is 2.64. The molecule has 176 valence electrons. The molecule has 1 aromatic rings. The van der Waals surface area contributed by atoms with Gasteiger partial charge in [0.15, 0.2) is 11.4 Å². The number of phenols is 1. The van der Waals surface area contributed by atoms with E-state index in [1.807, 2.05) is 6.92 Å². The molecule has 4 rings (SSSR count). The smallest absolute Gasteiger partial charge is 0.255 e. The molecule has 33 heavy (non-hydrogen) atoms. The summed E-state index contributed by atoms with van der Waals surface area (Å²) in [4.78, 5) is 40.3. The predicted molar refractivity (Wildman–Crippen MR) is 117 cm³/mol. The lowest BCUT2D eigenvalue weighted by Crippen LogP contribution is -2.65. The second-order valence-corrected chi connectivity index (χ2v) is 9.20. The lowest BCUT2D eigenvalue weighted by molar-refractivity contribution is -0.154. The molecule has 10 nitrogen and oxygen atoms in total. The lowest BCUT2D eigenvalue weighted by atomic mass is 9.55. The number of hydrogen-bond acceptors (Lipinski definition) is 9. The quantitative estimate of drug-likeness (QED) is 0.339. The SMILES string of the molecule is C[C@H]1c2ccc(CN)c(O)c2C(O)=C2C(=O)[C@]3(O)C(O)=C(C(N)=O)C(=O)[C@@H](N(C)C)[C@@H]3CC21. The fourth-order valence-corrected chi connectivity index (χ4v) is 5.75. The van der Waals surface area contributed by atoms with Crippen LogP contribution >= 0.6 is 0 Å². The molecule has 8 N–H and O–H groups in total. The molecule has 0 heterocycles. The average Bonchev–Trinajstić information content (AvgIpc) is 2.73. The number of hydrogen-bond donors (Lipinski definition) is 6. The minimum absolute atomic E-state index is 0.00236. The Labute approximate surface area is 189 Å². The van der Waals surface area contributed by atoms with Gasteiger partial charge in [-0.25, -0.2) is 0 Å². The Balaban J connectivity index is 2.01. The van der Waals surface area contributed by atoms with E-state index in [0.29, 0.717) is 11.1 Å². The van der Waals surface area contributed by atoms with Crippen molar-refractivity contribution < 1.29 is 34.8 Å². The van der Waals surface area contributed by atoms with E-state index in [9.17, 15) is 34.8 Å². The number of fused-ring (bicyclic) bond motifs is 3. The number of aromatic hydroxyl groups is 1. The number of aliphatic hydroxyl groups excluding tert-OH is 2. The van der Waals surface area contributed by atoms with Crippen molar-refractivity contribution in [1.82, 2.24) is 4.90 Å². The van der Waals surface area contributed by atoms with Crippen molar-refractivity contribution >= 4 is 23.2 Å². The van der Waals surface area contributed by atoms with E-state index in [2.05, 4.69) is 0 Å². The number of ketones is 2. The summed E-state index contributed by atoms with van der Waals surface area (Å²) in [6.45, 7) is 1.81. The van der Waals surface area contributed by atoms with Crippen molar-refractivity contribution in [2.24, 2.45) is 23.3 Å². The summed E-state index contributed by atoms with van der Waals surface area (Å²) in [5.74, 6) is -7.07. The van der Waals surface area contributed by atoms with Gasteiger partial charge < -0.3 is 31.9 Å². The maximum Gasteiger partial charge on any atom is 0.255 e. The molecule has 1 unspecified atom stereocenters. The number of carbonyl (C=O) groups is 3. The van der Waals surface area contributed by atoms with Crippen LogP contribution in [-0.4, -0.2) is 68.5 Å². The number of nitrogens with two attached hydrogens (primary N) is 2. The Hall–Kier alpha value is -3.21. The molecule has 0 saturated heterocycles. The van der Waals surface area contributed by atoms with Gasteiger partial charge in [-0.1, -0.05) is 19.1 Å². The molecule has 1 amide bonds. The van der Waals surface area contributed by atoms with Gasteiger partial charge in [-0.05, 0) is 37.9 Å². The van der Waals surface area contributed by atoms with Gasteiger partial charge in [-0.15, -0.1) is 0 Å². The van der Waals surface area contributed by atoms with Gasteiger partial charge in [0.2, 0.25) is 5.78 Å². The zero-order valence-electron chi connectivity index (χ0n) is 18.5. The summed E-state index contributed by atoms with van der Waals surface area (Å²) in [5, 5.41) is 44.2. The van der Waals surface area contributed by atoms with Gasteiger partial charge in [-0.3, -0.25) is 19.3 Å². The molecular weight excluding hydrogens is 430 g/mol. The Morgan fingerprint density at radius 3 is 2.39 bits per heavy atom. The molecular formula is C23H27N3O7. The summed E-state index contributed by atoms with van der Waals surface area (Å²) in [6, 6.07) is 2.26. The zero-order valence-corrected chi connectivity index (χ0v) is 18.5. The number of amides is 1. The van der Waals surface area contributed by atoms with Gasteiger partial charge in [0.25, 0.3) is 5.91 Å². The van der Waals surface area contributed by atoms with Crippen molar-refractivity contribution in [2.45, 2.75) is 37.5 Å². The number of nitrogens with zero attached hydrogens (tertiary/aromatic N) is 1. The molecule has 1 saturated carbocycles. The van der Waals surface area contributed by atoms with Gasteiger partial charge in [-0.2, -0.15) is 0 Å². The third kappa shape index (κ3) is 2.81. The molecule has 0 aliphatic heterocycles. The molecule has 0 bridgehead atoms. The highest BCUT2D eigenvalue weighted by Crippen LogP contribution is 2.56. The first-order valence-electron chi connectivity index (χ1n) is 10.6. The monoisotopic (exact) mass is 457 g/mol. The second-order valence-electron chi connectivity index (χ2n) is 9.20. The molecule has 5 atom stereocenters. The van der Waals surface area contributed by atoms with E-state index in [0.717, 1.165) is 0 Å². The first kappa shape index (κ1) is 23.0. The first-order chi connectivity index (χ1) is 15.4. The van der Waals surface area contributed by atoms with Crippen molar-refractivity contribution in [2.75, 3.05) is 14.1 Å². The highest BCUT2D eigenvalue weighted by molar-refractivity contribution is 6.24. The van der Waals surface area contributed by atoms with Crippen LogP contribution < -0.4 is 11.5 Å². The average molecular weight is 457 g/mol. The van der Waals surface area contributed by atoms with Crippen molar-refractivity contribution in [3.05, 3.63) is 45.7 Å². The number of aliphatic hydroxyl groups is 3. The molecule has 1 fully saturated rings. The van der Waals surface area contributed by atoms with Crippen LogP contribution in [0.15, 0.2) is 29.0 Å². The number of rotatable bonds is 3. The van der Waals surface area contributed by atoms with E-state index < -0.39 is 58.0 Å². The molecule has 3 aliphatic carbocycles. The zero-order chi connectivity index (χ0) is 24.6. The number of phenolic OH excluding ortho intramolecular Hbond substituents is 1. The van der Waals surface area contributed by atoms with E-state index in [4.69, 9.17) is 11.5 Å². The van der Waals surface area contributed by atoms with Crippen LogP contribution in [0.25, 0.3) is 5.76 Å². The Morgan fingerprint density at radius 2 is 1.85 bits per heavy atom. The fourth-order valence-electron chi connectivity index (χ4n) is 5.75. The van der Waals surface area contributed by atoms with Crippen LogP contribution in [0.2, 0.25) is 0 Å². The van der Waals surface area contributed by atoms with Crippen LogP contribution in [0.1, 0.15) is 36.0 Å². The predicted octanol–water partition coefficient (Wildman–Crippen LogP) is -0.0163. The molecule has 10 heteroatoms. The third-order valence-electron chi connectivity index (χ3n) is 7.40. The Morgan fingerprint density at radius 1 is 1.21 bits per heavy atom. The topological polar surface area (TPSA) is 187 Å². The molecule has 0 radical (unpaired) electrons. The van der Waals surface area contributed by atoms with Gasteiger partial charge in [0, 0.05) is 23.6 Å².